The number of nitrogens with zero attached hydrogens (tertiary/aromatic N) is 3. The van der Waals surface area contributed by atoms with Gasteiger partial charge in [0.05, 0.1) is 38.0 Å². The molecule has 0 saturated carbocycles. The molecule has 1 amide bonds. The lowest BCUT2D eigenvalue weighted by Gasteiger charge is -2.11. The van der Waals surface area contributed by atoms with Gasteiger partial charge in [-0.2, -0.15) is 26.9 Å². The van der Waals surface area contributed by atoms with E-state index in [-0.39, 0.29) is 9.79 Å². The molecule has 230 valence electrons. The van der Waals surface area contributed by atoms with Crippen LogP contribution < -0.4 is 10.6 Å². The fourth-order valence-electron chi connectivity index (χ4n) is 4.57. The van der Waals surface area contributed by atoms with Crippen LogP contribution in [0.1, 0.15) is 23.7 Å². The fraction of sp³-hybridized carbons (Fsp3) is 0.0645. The molecule has 1 aromatic heterocycles. The second-order valence-corrected chi connectivity index (χ2v) is 12.8. The van der Waals surface area contributed by atoms with Gasteiger partial charge in [0.2, 0.25) is 0 Å². The lowest BCUT2D eigenvalue weighted by Crippen LogP contribution is -2.21. The summed E-state index contributed by atoms with van der Waals surface area (Å²) in [5.74, 6) is -0.441. The van der Waals surface area contributed by atoms with Crippen LogP contribution in [0.25, 0.3) is 17.3 Å². The van der Waals surface area contributed by atoms with Gasteiger partial charge in [0, 0.05) is 5.69 Å². The monoisotopic (exact) mass is 646 g/mol. The molecular formula is C31H26N4O8S2. The minimum absolute atomic E-state index is 0.296. The van der Waals surface area contributed by atoms with Crippen LogP contribution in [-0.2, 0) is 25.0 Å². The molecule has 0 aliphatic carbocycles. The van der Waals surface area contributed by atoms with Crippen LogP contribution in [0.15, 0.2) is 122 Å². The number of benzene rings is 3. The van der Waals surface area contributed by atoms with Gasteiger partial charge in [0.15, 0.2) is 0 Å². The summed E-state index contributed by atoms with van der Waals surface area (Å²) in [5.41, 5.74) is 3.38. The van der Waals surface area contributed by atoms with E-state index in [1.807, 2.05) is 30.3 Å². The predicted molar refractivity (Wildman–Crippen MR) is 169 cm³/mol. The summed E-state index contributed by atoms with van der Waals surface area (Å²) in [6.07, 6.45) is 6.69. The zero-order valence-corrected chi connectivity index (χ0v) is 25.5. The Morgan fingerprint density at radius 1 is 0.800 bits per heavy atom. The number of hydrogen-bond acceptors (Lipinski definition) is 7. The Hall–Kier alpha value is -5.15. The second kappa shape index (κ2) is 12.1. The zero-order chi connectivity index (χ0) is 32.5. The van der Waals surface area contributed by atoms with Crippen molar-refractivity contribution in [2.24, 2.45) is 5.10 Å². The maximum atomic E-state index is 13.3. The molecule has 0 fully saturated rings. The van der Waals surface area contributed by atoms with Gasteiger partial charge in [-0.25, -0.2) is 4.68 Å². The van der Waals surface area contributed by atoms with Gasteiger partial charge < -0.3 is 0 Å². The Morgan fingerprint density at radius 2 is 1.36 bits per heavy atom. The number of carbonyl (C=O) groups is 1. The molecule has 12 nitrogen and oxygen atoms in total. The fourth-order valence-corrected chi connectivity index (χ4v) is 5.53. The highest BCUT2D eigenvalue weighted by atomic mass is 32.2. The Kier molecular flexibility index (Phi) is 8.40. The summed E-state index contributed by atoms with van der Waals surface area (Å²) in [6, 6.07) is 19.5. The SMILES string of the molecule is CC1=NN(c2ccc(S(=O)(=O)O)cc2)C(=O)\C1=C/C=C(/C=C/c1c(C)[nH]n(-c2ccc(S(=O)(=O)O)cc2)c1=O)c1ccccc1. The smallest absolute Gasteiger partial charge is 0.294 e. The highest BCUT2D eigenvalue weighted by molar-refractivity contribution is 7.86. The van der Waals surface area contributed by atoms with Gasteiger partial charge in [-0.3, -0.25) is 23.8 Å². The second-order valence-electron chi connectivity index (χ2n) is 9.93. The van der Waals surface area contributed by atoms with Crippen molar-refractivity contribution >= 4 is 49.2 Å². The van der Waals surface area contributed by atoms with E-state index in [1.165, 1.54) is 53.2 Å². The van der Waals surface area contributed by atoms with E-state index in [0.717, 1.165) is 10.6 Å². The molecule has 14 heteroatoms. The van der Waals surface area contributed by atoms with E-state index in [4.69, 9.17) is 0 Å². The molecule has 0 unspecified atom stereocenters. The average Bonchev–Trinajstić information content (AvgIpc) is 3.45. The predicted octanol–water partition coefficient (Wildman–Crippen LogP) is 4.41. The molecule has 3 N–H and O–H groups in total. The normalized spacial score (nSPS) is 15.3. The number of nitrogens with one attached hydrogen (secondary N) is 1. The molecule has 1 aliphatic rings. The minimum atomic E-state index is -4.39. The molecule has 4 aromatic rings. The minimum Gasteiger partial charge on any atom is -0.295 e. The van der Waals surface area contributed by atoms with E-state index >= 15 is 0 Å². The summed E-state index contributed by atoms with van der Waals surface area (Å²) in [6.45, 7) is 3.38. The third-order valence-electron chi connectivity index (χ3n) is 6.92. The molecule has 45 heavy (non-hydrogen) atoms. The number of H-pyrrole nitrogens is 1. The Labute approximate surface area is 258 Å². The quantitative estimate of drug-likeness (QED) is 0.143. The van der Waals surface area contributed by atoms with Crippen molar-refractivity contribution < 1.29 is 30.7 Å². The summed E-state index contributed by atoms with van der Waals surface area (Å²) >= 11 is 0. The van der Waals surface area contributed by atoms with E-state index in [1.54, 1.807) is 38.2 Å². The average molecular weight is 647 g/mol. The molecule has 0 atom stereocenters. The van der Waals surface area contributed by atoms with Crippen LogP contribution in [0.5, 0.6) is 0 Å². The number of rotatable bonds is 8. The molecular weight excluding hydrogens is 620 g/mol. The van der Waals surface area contributed by atoms with Crippen LogP contribution in [0.3, 0.4) is 0 Å². The number of aromatic nitrogens is 2. The van der Waals surface area contributed by atoms with E-state index in [0.29, 0.717) is 39.5 Å². The molecule has 2 heterocycles. The summed E-state index contributed by atoms with van der Waals surface area (Å²) in [7, 11) is -8.77. The molecule has 0 saturated heterocycles. The topological polar surface area (TPSA) is 179 Å². The van der Waals surface area contributed by atoms with E-state index in [2.05, 4.69) is 10.2 Å². The van der Waals surface area contributed by atoms with Gasteiger partial charge in [0.25, 0.3) is 31.7 Å². The number of hydrazone groups is 1. The maximum Gasteiger partial charge on any atom is 0.294 e. The number of hydrogen-bond donors (Lipinski definition) is 3. The van der Waals surface area contributed by atoms with Crippen molar-refractivity contribution in [2.45, 2.75) is 23.6 Å². The van der Waals surface area contributed by atoms with Gasteiger partial charge in [-0.1, -0.05) is 42.5 Å². The molecule has 5 rings (SSSR count). The van der Waals surface area contributed by atoms with Crippen molar-refractivity contribution in [2.75, 3.05) is 5.01 Å². The number of aromatic amines is 1. The number of carbonyl (C=O) groups excluding carboxylic acids is 1. The molecule has 0 bridgehead atoms. The van der Waals surface area contributed by atoms with Crippen LogP contribution >= 0.6 is 0 Å². The number of amides is 1. The Morgan fingerprint density at radius 3 is 1.91 bits per heavy atom. The molecule has 1 aliphatic heterocycles. The molecule has 0 radical (unpaired) electrons. The third-order valence-corrected chi connectivity index (χ3v) is 8.65. The first-order valence-corrected chi connectivity index (χ1v) is 16.1. The van der Waals surface area contributed by atoms with Crippen LogP contribution in [0.2, 0.25) is 0 Å². The van der Waals surface area contributed by atoms with Crippen molar-refractivity contribution in [1.82, 2.24) is 9.78 Å². The standard InChI is InChI=1S/C31H26N4O8S2/c1-20-28(30(36)34(32-20)24-10-14-26(15-11-24)44(38,39)40)18-8-23(22-6-4-3-5-7-22)9-19-29-21(2)33-35(31(29)37)25-12-16-27(17-13-25)45(41,42)43/h3-19,32H,1-2H3,(H,38,39,40)(H,41,42,43)/b18-8+,23-9-,29-19-. The third kappa shape index (κ3) is 6.68. The summed E-state index contributed by atoms with van der Waals surface area (Å²) in [5, 5.41) is 8.41. The van der Waals surface area contributed by atoms with E-state index < -0.39 is 31.7 Å². The lowest BCUT2D eigenvalue weighted by molar-refractivity contribution is -0.114. The highest BCUT2D eigenvalue weighted by Crippen LogP contribution is 2.26. The van der Waals surface area contributed by atoms with E-state index in [9.17, 15) is 35.5 Å². The van der Waals surface area contributed by atoms with Crippen LogP contribution in [0.4, 0.5) is 5.69 Å². The van der Waals surface area contributed by atoms with Crippen molar-refractivity contribution in [1.29, 1.82) is 0 Å². The first-order chi connectivity index (χ1) is 21.2. The summed E-state index contributed by atoms with van der Waals surface area (Å²) in [4.78, 5) is 25.9. The highest BCUT2D eigenvalue weighted by Gasteiger charge is 2.28. The lowest BCUT2D eigenvalue weighted by atomic mass is 10.0. The van der Waals surface area contributed by atoms with Crippen molar-refractivity contribution in [3.8, 4) is 5.69 Å². The molecule has 0 spiro atoms. The maximum absolute atomic E-state index is 13.3. The Bertz CT molecular complexity index is 2190. The van der Waals surface area contributed by atoms with Gasteiger partial charge in [-0.05, 0) is 85.7 Å². The first kappa shape index (κ1) is 31.3. The van der Waals surface area contributed by atoms with Gasteiger partial charge in [0.1, 0.15) is 0 Å². The number of aryl methyl sites for hydroxylation is 1. The Balaban J connectivity index is 1.47. The first-order valence-electron chi connectivity index (χ1n) is 13.3. The van der Waals surface area contributed by atoms with Gasteiger partial charge >= 0.3 is 0 Å². The largest absolute Gasteiger partial charge is 0.295 e. The number of anilines is 1. The zero-order valence-electron chi connectivity index (χ0n) is 23.8. The summed E-state index contributed by atoms with van der Waals surface area (Å²) < 4.78 is 65.2. The number of allylic oxidation sites excluding steroid dienone is 4. The van der Waals surface area contributed by atoms with Crippen LogP contribution in [0, 0.1) is 6.92 Å². The van der Waals surface area contributed by atoms with Crippen LogP contribution in [-0.4, -0.2) is 47.3 Å². The van der Waals surface area contributed by atoms with Gasteiger partial charge in [-0.15, -0.1) is 0 Å². The van der Waals surface area contributed by atoms with Crippen molar-refractivity contribution in [3.63, 3.8) is 0 Å². The van der Waals surface area contributed by atoms with Crippen molar-refractivity contribution in [3.05, 3.63) is 130 Å². The molecule has 3 aromatic carbocycles.